The van der Waals surface area contributed by atoms with Crippen molar-refractivity contribution in [3.05, 3.63) is 125 Å². The predicted octanol–water partition coefficient (Wildman–Crippen LogP) is 5.68. The number of anilines is 1. The van der Waals surface area contributed by atoms with Crippen LogP contribution in [0.2, 0.25) is 0 Å². The lowest BCUT2D eigenvalue weighted by atomic mass is 10.0. The van der Waals surface area contributed by atoms with Crippen LogP contribution in [0.25, 0.3) is 10.2 Å². The summed E-state index contributed by atoms with van der Waals surface area (Å²) in [5.74, 6) is -0.335. The van der Waals surface area contributed by atoms with E-state index in [0.29, 0.717) is 28.2 Å². The Morgan fingerprint density at radius 1 is 0.921 bits per heavy atom. The first-order valence-electron chi connectivity index (χ1n) is 11.7. The smallest absolute Gasteiger partial charge is 0.255 e. The maximum atomic E-state index is 13.6. The summed E-state index contributed by atoms with van der Waals surface area (Å²) in [5.41, 5.74) is 2.91. The molecule has 1 heterocycles. The Labute approximate surface area is 224 Å². The van der Waals surface area contributed by atoms with Gasteiger partial charge in [0.15, 0.2) is 0 Å². The maximum Gasteiger partial charge on any atom is 0.255 e. The number of carbonyl (C=O) groups excluding carboxylic acids is 1. The standard InChI is InChI=1S/C29H22N4O3S2/c30-19-21-9-6-8-20(16-21)17-26(29-32-25-14-4-5-15-27(25)37-29)33-38(35,36)24-13-7-12-23(18-24)31-28(34)22-10-2-1-3-11-22/h1-16,18,26,33H,17H2,(H,31,34). The molecule has 1 aromatic heterocycles. The van der Waals surface area contributed by atoms with Gasteiger partial charge in [0, 0.05) is 11.3 Å². The molecule has 1 atom stereocenters. The number of hydrogen-bond acceptors (Lipinski definition) is 6. The number of hydrogen-bond donors (Lipinski definition) is 2. The molecule has 0 radical (unpaired) electrons. The number of amides is 1. The molecule has 0 aliphatic carbocycles. The molecule has 4 aromatic carbocycles. The van der Waals surface area contributed by atoms with Crippen molar-refractivity contribution in [3.63, 3.8) is 0 Å². The lowest BCUT2D eigenvalue weighted by Crippen LogP contribution is -2.30. The first-order chi connectivity index (χ1) is 18.4. The van der Waals surface area contributed by atoms with Gasteiger partial charge in [-0.15, -0.1) is 11.3 Å². The van der Waals surface area contributed by atoms with E-state index in [-0.39, 0.29) is 10.8 Å². The van der Waals surface area contributed by atoms with Crippen LogP contribution in [0.1, 0.15) is 32.5 Å². The highest BCUT2D eigenvalue weighted by molar-refractivity contribution is 7.89. The van der Waals surface area contributed by atoms with Gasteiger partial charge >= 0.3 is 0 Å². The molecular weight excluding hydrogens is 516 g/mol. The van der Waals surface area contributed by atoms with Crippen molar-refractivity contribution in [2.75, 3.05) is 5.32 Å². The molecular formula is C29H22N4O3S2. The number of rotatable bonds is 8. The molecule has 0 bridgehead atoms. The number of para-hydroxylation sites is 1. The van der Waals surface area contributed by atoms with Crippen molar-refractivity contribution in [1.29, 1.82) is 5.26 Å². The number of carbonyl (C=O) groups is 1. The number of sulfonamides is 1. The second kappa shape index (κ2) is 10.9. The summed E-state index contributed by atoms with van der Waals surface area (Å²) >= 11 is 1.42. The van der Waals surface area contributed by atoms with Crippen LogP contribution < -0.4 is 10.0 Å². The number of thiazole rings is 1. The predicted molar refractivity (Wildman–Crippen MR) is 148 cm³/mol. The average molecular weight is 539 g/mol. The summed E-state index contributed by atoms with van der Waals surface area (Å²) in [6, 6.07) is 31.0. The molecule has 5 aromatic rings. The molecule has 2 N–H and O–H groups in total. The summed E-state index contributed by atoms with van der Waals surface area (Å²) in [6.45, 7) is 0. The normalized spacial score (nSPS) is 12.1. The summed E-state index contributed by atoms with van der Waals surface area (Å²) < 4.78 is 30.9. The molecule has 188 valence electrons. The van der Waals surface area contributed by atoms with Crippen LogP contribution in [0.5, 0.6) is 0 Å². The Bertz CT molecular complexity index is 1730. The molecule has 1 unspecified atom stereocenters. The van der Waals surface area contributed by atoms with Crippen molar-refractivity contribution in [2.24, 2.45) is 0 Å². The largest absolute Gasteiger partial charge is 0.322 e. The zero-order chi connectivity index (χ0) is 26.5. The first kappa shape index (κ1) is 25.3. The monoisotopic (exact) mass is 538 g/mol. The Balaban J connectivity index is 1.44. The summed E-state index contributed by atoms with van der Waals surface area (Å²) in [7, 11) is -4.00. The van der Waals surface area contributed by atoms with Crippen LogP contribution in [0.3, 0.4) is 0 Å². The molecule has 9 heteroatoms. The third-order valence-corrected chi connectivity index (χ3v) is 8.46. The maximum absolute atomic E-state index is 13.6. The minimum Gasteiger partial charge on any atom is -0.322 e. The second-order valence-electron chi connectivity index (χ2n) is 8.56. The van der Waals surface area contributed by atoms with Gasteiger partial charge in [-0.1, -0.05) is 48.5 Å². The second-order valence-corrected chi connectivity index (χ2v) is 11.3. The van der Waals surface area contributed by atoms with E-state index >= 15 is 0 Å². The van der Waals surface area contributed by atoms with E-state index in [2.05, 4.69) is 21.1 Å². The number of nitriles is 1. The van der Waals surface area contributed by atoms with Gasteiger partial charge in [-0.3, -0.25) is 4.79 Å². The van der Waals surface area contributed by atoms with E-state index < -0.39 is 16.1 Å². The van der Waals surface area contributed by atoms with E-state index in [0.717, 1.165) is 15.8 Å². The first-order valence-corrected chi connectivity index (χ1v) is 14.0. The van der Waals surface area contributed by atoms with Crippen LogP contribution >= 0.6 is 11.3 Å². The van der Waals surface area contributed by atoms with Crippen molar-refractivity contribution >= 4 is 43.2 Å². The van der Waals surface area contributed by atoms with Gasteiger partial charge in [0.05, 0.1) is 32.8 Å². The quantitative estimate of drug-likeness (QED) is 0.264. The van der Waals surface area contributed by atoms with Crippen molar-refractivity contribution < 1.29 is 13.2 Å². The molecule has 1 amide bonds. The van der Waals surface area contributed by atoms with Gasteiger partial charge in [-0.2, -0.15) is 5.26 Å². The van der Waals surface area contributed by atoms with E-state index in [1.165, 1.54) is 23.5 Å². The van der Waals surface area contributed by atoms with Crippen molar-refractivity contribution in [1.82, 2.24) is 9.71 Å². The van der Waals surface area contributed by atoms with Crippen LogP contribution in [0.4, 0.5) is 5.69 Å². The highest BCUT2D eigenvalue weighted by Gasteiger charge is 2.25. The zero-order valence-corrected chi connectivity index (χ0v) is 21.7. The molecule has 0 aliphatic heterocycles. The summed E-state index contributed by atoms with van der Waals surface area (Å²) in [6.07, 6.45) is 0.305. The minimum atomic E-state index is -4.00. The summed E-state index contributed by atoms with van der Waals surface area (Å²) in [4.78, 5) is 17.3. The highest BCUT2D eigenvalue weighted by atomic mass is 32.2. The molecule has 0 aliphatic rings. The fourth-order valence-corrected chi connectivity index (χ4v) is 6.35. The topological polar surface area (TPSA) is 112 Å². The highest BCUT2D eigenvalue weighted by Crippen LogP contribution is 2.30. The Hall–Kier alpha value is -4.36. The Morgan fingerprint density at radius 3 is 2.47 bits per heavy atom. The number of nitrogens with one attached hydrogen (secondary N) is 2. The third-order valence-electron chi connectivity index (χ3n) is 5.84. The Kier molecular flexibility index (Phi) is 7.29. The van der Waals surface area contributed by atoms with Crippen LogP contribution in [-0.4, -0.2) is 19.3 Å². The third kappa shape index (κ3) is 5.79. The van der Waals surface area contributed by atoms with E-state index in [4.69, 9.17) is 0 Å². The molecule has 0 saturated carbocycles. The molecule has 0 spiro atoms. The fraction of sp³-hybridized carbons (Fsp3) is 0.0690. The average Bonchev–Trinajstić information content (AvgIpc) is 3.38. The molecule has 0 saturated heterocycles. The molecule has 0 fully saturated rings. The SMILES string of the molecule is N#Cc1cccc(CC(NS(=O)(=O)c2cccc(NC(=O)c3ccccc3)c2)c2nc3ccccc3s2)c1. The van der Waals surface area contributed by atoms with Crippen LogP contribution in [0.15, 0.2) is 108 Å². The fourth-order valence-electron chi connectivity index (χ4n) is 4.01. The number of fused-ring (bicyclic) bond motifs is 1. The molecule has 7 nitrogen and oxygen atoms in total. The molecule has 38 heavy (non-hydrogen) atoms. The lowest BCUT2D eigenvalue weighted by molar-refractivity contribution is 0.102. The van der Waals surface area contributed by atoms with Gasteiger partial charge in [0.2, 0.25) is 10.0 Å². The van der Waals surface area contributed by atoms with Gasteiger partial charge in [0.1, 0.15) is 5.01 Å². The minimum absolute atomic E-state index is 0.0141. The van der Waals surface area contributed by atoms with Gasteiger partial charge in [0.25, 0.3) is 5.91 Å². The van der Waals surface area contributed by atoms with Gasteiger partial charge in [-0.05, 0) is 66.6 Å². The van der Waals surface area contributed by atoms with Crippen molar-refractivity contribution in [3.8, 4) is 6.07 Å². The van der Waals surface area contributed by atoms with E-state index in [9.17, 15) is 18.5 Å². The molecule has 5 rings (SSSR count). The zero-order valence-electron chi connectivity index (χ0n) is 20.0. The lowest BCUT2D eigenvalue weighted by Gasteiger charge is -2.18. The van der Waals surface area contributed by atoms with Gasteiger partial charge in [-0.25, -0.2) is 18.1 Å². The van der Waals surface area contributed by atoms with Gasteiger partial charge < -0.3 is 5.32 Å². The van der Waals surface area contributed by atoms with Crippen molar-refractivity contribution in [2.45, 2.75) is 17.4 Å². The van der Waals surface area contributed by atoms with E-state index in [1.54, 1.807) is 54.6 Å². The van der Waals surface area contributed by atoms with E-state index in [1.807, 2.05) is 36.4 Å². The number of nitrogens with zero attached hydrogens (tertiary/aromatic N) is 2. The Morgan fingerprint density at radius 2 is 1.68 bits per heavy atom. The van der Waals surface area contributed by atoms with Crippen LogP contribution in [0, 0.1) is 11.3 Å². The van der Waals surface area contributed by atoms with Crippen LogP contribution in [-0.2, 0) is 16.4 Å². The summed E-state index contributed by atoms with van der Waals surface area (Å²) in [5, 5.41) is 12.7. The number of benzene rings is 4. The number of aromatic nitrogens is 1.